The van der Waals surface area contributed by atoms with Crippen LogP contribution in [-0.2, 0) is 9.59 Å². The Morgan fingerprint density at radius 2 is 2.24 bits per heavy atom. The molecule has 1 unspecified atom stereocenters. The largest absolute Gasteiger partial charge is 0.481 e. The van der Waals surface area contributed by atoms with Crippen molar-refractivity contribution in [3.8, 4) is 6.07 Å². The number of hydrogen-bond donors (Lipinski definition) is 2. The Morgan fingerprint density at radius 3 is 2.86 bits per heavy atom. The molecule has 0 fully saturated rings. The Balaban J connectivity index is 2.54. The lowest BCUT2D eigenvalue weighted by atomic mass is 10.0. The van der Waals surface area contributed by atoms with Crippen LogP contribution in [-0.4, -0.2) is 23.5 Å². The number of carbonyl (C=O) groups excluding carboxylic acids is 1. The first kappa shape index (κ1) is 16.4. The monoisotopic (exact) mass is 286 g/mol. The first-order chi connectivity index (χ1) is 10.1. The average Bonchev–Trinajstić information content (AvgIpc) is 2.49. The first-order valence-corrected chi connectivity index (χ1v) is 6.75. The van der Waals surface area contributed by atoms with E-state index in [1.165, 1.54) is 6.08 Å². The van der Waals surface area contributed by atoms with Gasteiger partial charge >= 0.3 is 5.97 Å². The molecule has 0 saturated heterocycles. The third kappa shape index (κ3) is 5.91. The van der Waals surface area contributed by atoms with Gasteiger partial charge in [-0.2, -0.15) is 5.26 Å². The molecule has 0 heterocycles. The molecule has 0 aliphatic heterocycles. The molecule has 21 heavy (non-hydrogen) atoms. The second-order valence-corrected chi connectivity index (χ2v) is 4.64. The van der Waals surface area contributed by atoms with E-state index in [0.717, 1.165) is 12.0 Å². The SMILES string of the molecule is CCCC(CNC(=O)C=Cc1cccc(C#N)c1)C(=O)O. The van der Waals surface area contributed by atoms with Gasteiger partial charge in [-0.1, -0.05) is 25.5 Å². The molecular formula is C16H18N2O3. The van der Waals surface area contributed by atoms with Gasteiger partial charge in [0.2, 0.25) is 5.91 Å². The van der Waals surface area contributed by atoms with Crippen LogP contribution in [0.15, 0.2) is 30.3 Å². The summed E-state index contributed by atoms with van der Waals surface area (Å²) in [4.78, 5) is 22.6. The zero-order valence-electron chi connectivity index (χ0n) is 11.9. The van der Waals surface area contributed by atoms with E-state index in [4.69, 9.17) is 10.4 Å². The minimum atomic E-state index is -0.900. The van der Waals surface area contributed by atoms with Crippen LogP contribution < -0.4 is 5.32 Å². The maximum absolute atomic E-state index is 11.6. The number of benzene rings is 1. The second kappa shape index (κ2) is 8.54. The first-order valence-electron chi connectivity index (χ1n) is 6.75. The van der Waals surface area contributed by atoms with E-state index in [0.29, 0.717) is 12.0 Å². The molecule has 5 heteroatoms. The highest BCUT2D eigenvalue weighted by molar-refractivity contribution is 5.92. The molecule has 5 nitrogen and oxygen atoms in total. The van der Waals surface area contributed by atoms with Crippen LogP contribution in [0.2, 0.25) is 0 Å². The maximum Gasteiger partial charge on any atom is 0.308 e. The number of aliphatic carboxylic acids is 1. The molecule has 0 aliphatic rings. The van der Waals surface area contributed by atoms with Gasteiger partial charge in [0.25, 0.3) is 0 Å². The summed E-state index contributed by atoms with van der Waals surface area (Å²) in [5.41, 5.74) is 1.26. The number of nitrogens with zero attached hydrogens (tertiary/aromatic N) is 1. The predicted molar refractivity (Wildman–Crippen MR) is 79.2 cm³/mol. The fourth-order valence-corrected chi connectivity index (χ4v) is 1.83. The molecule has 1 atom stereocenters. The molecule has 0 aromatic heterocycles. The molecule has 110 valence electrons. The maximum atomic E-state index is 11.6. The normalized spacial score (nSPS) is 11.8. The van der Waals surface area contributed by atoms with Crippen molar-refractivity contribution in [2.75, 3.05) is 6.54 Å². The molecule has 0 bridgehead atoms. The number of carboxylic acids is 1. The number of hydrogen-bond acceptors (Lipinski definition) is 3. The van der Waals surface area contributed by atoms with Crippen molar-refractivity contribution in [2.45, 2.75) is 19.8 Å². The summed E-state index contributed by atoms with van der Waals surface area (Å²) >= 11 is 0. The molecule has 2 N–H and O–H groups in total. The smallest absolute Gasteiger partial charge is 0.308 e. The Morgan fingerprint density at radius 1 is 1.48 bits per heavy atom. The van der Waals surface area contributed by atoms with Crippen molar-refractivity contribution in [2.24, 2.45) is 5.92 Å². The summed E-state index contributed by atoms with van der Waals surface area (Å²) in [6.07, 6.45) is 4.21. The summed E-state index contributed by atoms with van der Waals surface area (Å²) in [5.74, 6) is -1.81. The topological polar surface area (TPSA) is 90.2 Å². The zero-order valence-corrected chi connectivity index (χ0v) is 11.9. The Labute approximate surface area is 123 Å². The lowest BCUT2D eigenvalue weighted by Crippen LogP contribution is -2.31. The van der Waals surface area contributed by atoms with Crippen molar-refractivity contribution in [3.63, 3.8) is 0 Å². The van der Waals surface area contributed by atoms with Gasteiger partial charge < -0.3 is 10.4 Å². The van der Waals surface area contributed by atoms with Gasteiger partial charge in [0.1, 0.15) is 0 Å². The van der Waals surface area contributed by atoms with Gasteiger partial charge in [-0.05, 0) is 30.2 Å². The number of carboxylic acid groups (broad SMARTS) is 1. The zero-order chi connectivity index (χ0) is 15.7. The molecule has 1 aromatic carbocycles. The van der Waals surface area contributed by atoms with Crippen molar-refractivity contribution < 1.29 is 14.7 Å². The van der Waals surface area contributed by atoms with Crippen molar-refractivity contribution >= 4 is 18.0 Å². The van der Waals surface area contributed by atoms with Crippen molar-refractivity contribution in [1.82, 2.24) is 5.32 Å². The van der Waals surface area contributed by atoms with Crippen LogP contribution in [0.25, 0.3) is 6.08 Å². The highest BCUT2D eigenvalue weighted by atomic mass is 16.4. The minimum Gasteiger partial charge on any atom is -0.481 e. The Bertz CT molecular complexity index is 573. The number of amides is 1. The van der Waals surface area contributed by atoms with E-state index in [2.05, 4.69) is 5.32 Å². The summed E-state index contributed by atoms with van der Waals surface area (Å²) < 4.78 is 0. The van der Waals surface area contributed by atoms with Crippen LogP contribution in [0.1, 0.15) is 30.9 Å². The number of nitriles is 1. The van der Waals surface area contributed by atoms with Crippen LogP contribution in [0.4, 0.5) is 0 Å². The number of carbonyl (C=O) groups is 2. The van der Waals surface area contributed by atoms with Crippen LogP contribution in [0.5, 0.6) is 0 Å². The van der Waals surface area contributed by atoms with Gasteiger partial charge in [0, 0.05) is 12.6 Å². The van der Waals surface area contributed by atoms with Gasteiger partial charge in [0.15, 0.2) is 0 Å². The molecule has 0 saturated carbocycles. The summed E-state index contributed by atoms with van der Waals surface area (Å²) in [7, 11) is 0. The lowest BCUT2D eigenvalue weighted by molar-refractivity contribution is -0.141. The average molecular weight is 286 g/mol. The Hall–Kier alpha value is -2.61. The molecule has 0 spiro atoms. The fourth-order valence-electron chi connectivity index (χ4n) is 1.83. The third-order valence-corrected chi connectivity index (χ3v) is 2.95. The minimum absolute atomic E-state index is 0.116. The van der Waals surface area contributed by atoms with Crippen molar-refractivity contribution in [1.29, 1.82) is 5.26 Å². The molecule has 1 rings (SSSR count). The Kier molecular flexibility index (Phi) is 6.69. The van der Waals surface area contributed by atoms with Gasteiger partial charge in [0.05, 0.1) is 17.6 Å². The molecule has 0 radical (unpaired) electrons. The van der Waals surface area contributed by atoms with Crippen molar-refractivity contribution in [3.05, 3.63) is 41.5 Å². The van der Waals surface area contributed by atoms with Gasteiger partial charge in [-0.15, -0.1) is 0 Å². The lowest BCUT2D eigenvalue weighted by Gasteiger charge is -2.10. The summed E-state index contributed by atoms with van der Waals surface area (Å²) in [6.45, 7) is 2.02. The summed E-state index contributed by atoms with van der Waals surface area (Å²) in [5, 5.41) is 20.3. The highest BCUT2D eigenvalue weighted by Crippen LogP contribution is 2.07. The second-order valence-electron chi connectivity index (χ2n) is 4.64. The van der Waals surface area contributed by atoms with E-state index >= 15 is 0 Å². The standard InChI is InChI=1S/C16H18N2O3/c1-2-4-14(16(20)21)11-18-15(19)8-7-12-5-3-6-13(9-12)10-17/h3,5-9,14H,2,4,11H2,1H3,(H,18,19)(H,20,21). The van der Waals surface area contributed by atoms with E-state index in [-0.39, 0.29) is 12.5 Å². The predicted octanol–water partition coefficient (Wildman–Crippen LogP) is 2.19. The molecule has 1 aromatic rings. The van der Waals surface area contributed by atoms with E-state index in [9.17, 15) is 9.59 Å². The third-order valence-electron chi connectivity index (χ3n) is 2.95. The van der Waals surface area contributed by atoms with E-state index in [1.807, 2.05) is 13.0 Å². The van der Waals surface area contributed by atoms with Crippen LogP contribution in [0.3, 0.4) is 0 Å². The highest BCUT2D eigenvalue weighted by Gasteiger charge is 2.16. The van der Waals surface area contributed by atoms with Crippen LogP contribution >= 0.6 is 0 Å². The van der Waals surface area contributed by atoms with Gasteiger partial charge in [-0.3, -0.25) is 9.59 Å². The summed E-state index contributed by atoms with van der Waals surface area (Å²) in [6, 6.07) is 8.88. The van der Waals surface area contributed by atoms with E-state index < -0.39 is 11.9 Å². The fraction of sp³-hybridized carbons (Fsp3) is 0.312. The number of nitrogens with one attached hydrogen (secondary N) is 1. The molecule has 1 amide bonds. The van der Waals surface area contributed by atoms with Crippen LogP contribution in [0, 0.1) is 17.2 Å². The quantitative estimate of drug-likeness (QED) is 0.752. The molecular weight excluding hydrogens is 268 g/mol. The van der Waals surface area contributed by atoms with Gasteiger partial charge in [-0.25, -0.2) is 0 Å². The van der Waals surface area contributed by atoms with E-state index in [1.54, 1.807) is 30.3 Å². The number of rotatable bonds is 7. The molecule has 0 aliphatic carbocycles.